The average Bonchev–Trinajstić information content (AvgIpc) is 3.26. The van der Waals surface area contributed by atoms with Crippen LogP contribution in [-0.2, 0) is 22.6 Å². The number of hydrogen-bond acceptors (Lipinski definition) is 4. The summed E-state index contributed by atoms with van der Waals surface area (Å²) in [5.41, 5.74) is 1.85. The van der Waals surface area contributed by atoms with Crippen molar-refractivity contribution >= 4 is 17.6 Å². The smallest absolute Gasteiger partial charge is 0.246 e. The van der Waals surface area contributed by atoms with Gasteiger partial charge in [0.1, 0.15) is 6.54 Å². The second kappa shape index (κ2) is 11.3. The zero-order valence-electron chi connectivity index (χ0n) is 17.9. The van der Waals surface area contributed by atoms with Crippen LogP contribution in [0, 0.1) is 5.92 Å². The lowest BCUT2D eigenvalue weighted by Gasteiger charge is -2.27. The van der Waals surface area contributed by atoms with Gasteiger partial charge < -0.3 is 20.3 Å². The molecule has 0 saturated carbocycles. The lowest BCUT2D eigenvalue weighted by Crippen LogP contribution is -2.39. The Balaban J connectivity index is 1.46. The first-order chi connectivity index (χ1) is 14.6. The zero-order valence-corrected chi connectivity index (χ0v) is 17.9. The van der Waals surface area contributed by atoms with Gasteiger partial charge >= 0.3 is 0 Å². The van der Waals surface area contributed by atoms with Crippen LogP contribution in [0.2, 0.25) is 0 Å². The number of hydrogen-bond donors (Lipinski definition) is 2. The van der Waals surface area contributed by atoms with Crippen LogP contribution in [0.5, 0.6) is 0 Å². The molecule has 0 spiro atoms. The first-order valence-corrected chi connectivity index (χ1v) is 10.5. The number of nitrogens with zero attached hydrogens (tertiary/aromatic N) is 4. The summed E-state index contributed by atoms with van der Waals surface area (Å²) in [5.74, 6) is 1.50. The molecule has 162 valence electrons. The van der Waals surface area contributed by atoms with E-state index in [-0.39, 0.29) is 12.5 Å². The Morgan fingerprint density at radius 3 is 2.90 bits per heavy atom. The number of amides is 1. The fraction of sp³-hybridized carbons (Fsp3) is 0.500. The Morgan fingerprint density at radius 2 is 2.17 bits per heavy atom. The molecule has 8 nitrogen and oxygen atoms in total. The quantitative estimate of drug-likeness (QED) is 0.514. The van der Waals surface area contributed by atoms with Crippen LogP contribution in [0.25, 0.3) is 0 Å². The van der Waals surface area contributed by atoms with Crippen molar-refractivity contribution in [3.63, 3.8) is 0 Å². The number of benzene rings is 1. The molecule has 1 aromatic heterocycles. The van der Waals surface area contributed by atoms with Crippen molar-refractivity contribution in [2.45, 2.75) is 32.4 Å². The summed E-state index contributed by atoms with van der Waals surface area (Å²) < 4.78 is 7.04. The SMILES string of the molecule is CN=C(NCc1cccc(NC(=O)Cn2cccn2)c1)N(C)CCC1CCOCC1. The topological polar surface area (TPSA) is 83.8 Å². The highest BCUT2D eigenvalue weighted by molar-refractivity contribution is 5.90. The fourth-order valence-corrected chi connectivity index (χ4v) is 3.58. The van der Waals surface area contributed by atoms with E-state index in [2.05, 4.69) is 32.7 Å². The molecule has 1 aromatic carbocycles. The summed E-state index contributed by atoms with van der Waals surface area (Å²) in [7, 11) is 3.87. The number of ether oxygens (including phenoxy) is 1. The number of aliphatic imine (C=N–C) groups is 1. The Bertz CT molecular complexity index is 815. The van der Waals surface area contributed by atoms with Gasteiger partial charge in [0.15, 0.2) is 5.96 Å². The first-order valence-electron chi connectivity index (χ1n) is 10.5. The van der Waals surface area contributed by atoms with Crippen molar-refractivity contribution in [1.29, 1.82) is 0 Å². The summed E-state index contributed by atoms with van der Waals surface area (Å²) in [6.45, 7) is 3.57. The summed E-state index contributed by atoms with van der Waals surface area (Å²) in [5, 5.41) is 10.4. The molecule has 1 fully saturated rings. The van der Waals surface area contributed by atoms with Crippen LogP contribution in [0.3, 0.4) is 0 Å². The molecule has 0 bridgehead atoms. The number of aromatic nitrogens is 2. The van der Waals surface area contributed by atoms with E-state index in [4.69, 9.17) is 4.74 Å². The molecule has 2 N–H and O–H groups in total. The van der Waals surface area contributed by atoms with Crippen molar-refractivity contribution in [2.24, 2.45) is 10.9 Å². The highest BCUT2D eigenvalue weighted by Gasteiger charge is 2.15. The van der Waals surface area contributed by atoms with Gasteiger partial charge in [-0.3, -0.25) is 14.5 Å². The number of anilines is 1. The van der Waals surface area contributed by atoms with Crippen LogP contribution in [0.1, 0.15) is 24.8 Å². The molecule has 30 heavy (non-hydrogen) atoms. The fourth-order valence-electron chi connectivity index (χ4n) is 3.58. The van der Waals surface area contributed by atoms with Gasteiger partial charge in [-0.25, -0.2) is 0 Å². The average molecular weight is 413 g/mol. The molecule has 0 aliphatic carbocycles. The number of carbonyl (C=O) groups is 1. The molecule has 0 radical (unpaired) electrons. The maximum Gasteiger partial charge on any atom is 0.246 e. The van der Waals surface area contributed by atoms with Gasteiger partial charge in [-0.15, -0.1) is 0 Å². The Hall–Kier alpha value is -2.87. The van der Waals surface area contributed by atoms with E-state index >= 15 is 0 Å². The summed E-state index contributed by atoms with van der Waals surface area (Å²) in [6, 6.07) is 9.64. The van der Waals surface area contributed by atoms with E-state index in [0.717, 1.165) is 62.1 Å². The standard InChI is InChI=1S/C22H32N6O2/c1-23-22(27(2)12-7-18-8-13-30-14-9-18)24-16-19-5-3-6-20(15-19)26-21(29)17-28-11-4-10-25-28/h3-6,10-11,15,18H,7-9,12-14,16-17H2,1-2H3,(H,23,24)(H,26,29). The van der Waals surface area contributed by atoms with E-state index < -0.39 is 0 Å². The van der Waals surface area contributed by atoms with Gasteiger partial charge in [0.05, 0.1) is 0 Å². The lowest BCUT2D eigenvalue weighted by atomic mass is 9.96. The third kappa shape index (κ3) is 6.88. The van der Waals surface area contributed by atoms with E-state index in [1.165, 1.54) is 0 Å². The van der Waals surface area contributed by atoms with Gasteiger partial charge in [0.2, 0.25) is 5.91 Å². The molecular weight excluding hydrogens is 380 g/mol. The van der Waals surface area contributed by atoms with E-state index in [9.17, 15) is 4.79 Å². The zero-order chi connectivity index (χ0) is 21.2. The molecule has 2 aromatic rings. The van der Waals surface area contributed by atoms with Crippen LogP contribution >= 0.6 is 0 Å². The number of carbonyl (C=O) groups excluding carboxylic acids is 1. The van der Waals surface area contributed by atoms with Crippen LogP contribution < -0.4 is 10.6 Å². The van der Waals surface area contributed by atoms with Crippen molar-refractivity contribution in [3.8, 4) is 0 Å². The van der Waals surface area contributed by atoms with E-state index in [1.807, 2.05) is 24.3 Å². The number of rotatable bonds is 8. The normalized spacial score (nSPS) is 15.1. The molecular formula is C22H32N6O2. The van der Waals surface area contributed by atoms with Gasteiger partial charge in [0.25, 0.3) is 0 Å². The molecule has 3 rings (SSSR count). The minimum absolute atomic E-state index is 0.104. The molecule has 1 aliphatic rings. The van der Waals surface area contributed by atoms with Crippen molar-refractivity contribution in [3.05, 3.63) is 48.3 Å². The molecule has 1 aliphatic heterocycles. The first kappa shape index (κ1) is 21.8. The van der Waals surface area contributed by atoms with Gasteiger partial charge in [-0.1, -0.05) is 12.1 Å². The second-order valence-corrected chi connectivity index (χ2v) is 7.62. The predicted molar refractivity (Wildman–Crippen MR) is 118 cm³/mol. The highest BCUT2D eigenvalue weighted by Crippen LogP contribution is 2.18. The van der Waals surface area contributed by atoms with Crippen LogP contribution in [0.15, 0.2) is 47.7 Å². The van der Waals surface area contributed by atoms with Crippen LogP contribution in [-0.4, -0.2) is 60.4 Å². The lowest BCUT2D eigenvalue weighted by molar-refractivity contribution is -0.116. The Morgan fingerprint density at radius 1 is 1.33 bits per heavy atom. The van der Waals surface area contributed by atoms with Crippen molar-refractivity contribution < 1.29 is 9.53 Å². The largest absolute Gasteiger partial charge is 0.381 e. The predicted octanol–water partition coefficient (Wildman–Crippen LogP) is 2.35. The monoisotopic (exact) mass is 412 g/mol. The number of nitrogens with one attached hydrogen (secondary N) is 2. The maximum absolute atomic E-state index is 12.2. The molecule has 8 heteroatoms. The molecule has 0 atom stereocenters. The van der Waals surface area contributed by atoms with Crippen LogP contribution in [0.4, 0.5) is 5.69 Å². The summed E-state index contributed by atoms with van der Waals surface area (Å²) >= 11 is 0. The molecule has 2 heterocycles. The second-order valence-electron chi connectivity index (χ2n) is 7.62. The van der Waals surface area contributed by atoms with Gasteiger partial charge in [-0.2, -0.15) is 5.10 Å². The summed E-state index contributed by atoms with van der Waals surface area (Å²) in [6.07, 6.45) is 6.88. The maximum atomic E-state index is 12.2. The van der Waals surface area contributed by atoms with E-state index in [0.29, 0.717) is 6.54 Å². The summed E-state index contributed by atoms with van der Waals surface area (Å²) in [4.78, 5) is 18.8. The van der Waals surface area contributed by atoms with E-state index in [1.54, 1.807) is 30.2 Å². The minimum Gasteiger partial charge on any atom is -0.381 e. The number of guanidine groups is 1. The van der Waals surface area contributed by atoms with Crippen molar-refractivity contribution in [1.82, 2.24) is 20.0 Å². The minimum atomic E-state index is -0.104. The molecule has 1 amide bonds. The Labute approximate surface area is 178 Å². The third-order valence-electron chi connectivity index (χ3n) is 5.31. The van der Waals surface area contributed by atoms with Crippen molar-refractivity contribution in [2.75, 3.05) is 39.2 Å². The third-order valence-corrected chi connectivity index (χ3v) is 5.31. The van der Waals surface area contributed by atoms with Gasteiger partial charge in [0, 0.05) is 58.5 Å². The Kier molecular flexibility index (Phi) is 8.26. The molecule has 0 unspecified atom stereocenters. The van der Waals surface area contributed by atoms with Gasteiger partial charge in [-0.05, 0) is 48.9 Å². The highest BCUT2D eigenvalue weighted by atomic mass is 16.5. The molecule has 1 saturated heterocycles.